The first-order chi connectivity index (χ1) is 8.35. The van der Waals surface area contributed by atoms with Gasteiger partial charge in [-0.05, 0) is 18.3 Å². The number of amides is 3. The first-order valence-electron chi connectivity index (χ1n) is 6.18. The summed E-state index contributed by atoms with van der Waals surface area (Å²) >= 11 is 0. The van der Waals surface area contributed by atoms with Crippen molar-refractivity contribution >= 4 is 17.7 Å². The highest BCUT2D eigenvalue weighted by atomic mass is 16.2. The summed E-state index contributed by atoms with van der Waals surface area (Å²) in [5, 5.41) is 0. The van der Waals surface area contributed by atoms with Crippen molar-refractivity contribution in [2.75, 3.05) is 6.54 Å². The number of likely N-dealkylation sites (tertiary alicyclic amines) is 1. The summed E-state index contributed by atoms with van der Waals surface area (Å²) in [6.07, 6.45) is 2.37. The van der Waals surface area contributed by atoms with Crippen LogP contribution in [0.15, 0.2) is 0 Å². The molecule has 18 heavy (non-hydrogen) atoms. The van der Waals surface area contributed by atoms with Gasteiger partial charge in [-0.2, -0.15) is 0 Å². The third kappa shape index (κ3) is 4.10. The van der Waals surface area contributed by atoms with Gasteiger partial charge >= 0.3 is 0 Å². The second-order valence-corrected chi connectivity index (χ2v) is 5.48. The molecule has 0 aromatic rings. The van der Waals surface area contributed by atoms with E-state index < -0.39 is 0 Å². The molecule has 0 bridgehead atoms. The van der Waals surface area contributed by atoms with Crippen LogP contribution in [0.3, 0.4) is 0 Å². The van der Waals surface area contributed by atoms with Crippen LogP contribution in [0.25, 0.3) is 0 Å². The van der Waals surface area contributed by atoms with Gasteiger partial charge in [-0.15, -0.1) is 0 Å². The van der Waals surface area contributed by atoms with Crippen LogP contribution in [0, 0.1) is 5.41 Å². The molecule has 0 spiro atoms. The van der Waals surface area contributed by atoms with E-state index in [1.54, 1.807) is 0 Å². The first kappa shape index (κ1) is 14.6. The van der Waals surface area contributed by atoms with E-state index in [0.717, 1.165) is 0 Å². The lowest BCUT2D eigenvalue weighted by Gasteiger charge is -2.34. The van der Waals surface area contributed by atoms with E-state index in [1.807, 2.05) is 19.3 Å². The predicted molar refractivity (Wildman–Crippen MR) is 65.9 cm³/mol. The van der Waals surface area contributed by atoms with Crippen molar-refractivity contribution in [1.29, 1.82) is 0 Å². The van der Waals surface area contributed by atoms with Gasteiger partial charge in [0.1, 0.15) is 0 Å². The lowest BCUT2D eigenvalue weighted by Crippen LogP contribution is -2.46. The van der Waals surface area contributed by atoms with Crippen molar-refractivity contribution < 1.29 is 14.4 Å². The van der Waals surface area contributed by atoms with Gasteiger partial charge in [0.2, 0.25) is 17.7 Å². The fraction of sp³-hybridized carbons (Fsp3) is 0.750. The fourth-order valence-corrected chi connectivity index (χ4v) is 2.09. The van der Waals surface area contributed by atoms with E-state index >= 15 is 0 Å². The number of hydrogen-bond acceptors (Lipinski definition) is 4. The van der Waals surface area contributed by atoms with Gasteiger partial charge in [-0.25, -0.2) is 5.84 Å². The lowest BCUT2D eigenvalue weighted by atomic mass is 9.81. The number of carbonyl (C=O) groups is 3. The standard InChI is InChI=1S/C12H21N3O3/c1-12(2)7-10(17)15(11(18)8-12)6-4-3-5-9(16)14-13/h3-8,13H2,1-2H3,(H,14,16). The third-order valence-electron chi connectivity index (χ3n) is 3.06. The van der Waals surface area contributed by atoms with Crippen LogP contribution in [0.2, 0.25) is 0 Å². The molecule has 1 rings (SSSR count). The zero-order chi connectivity index (χ0) is 13.8. The molecule has 0 saturated carbocycles. The average molecular weight is 255 g/mol. The second-order valence-electron chi connectivity index (χ2n) is 5.48. The number of carbonyl (C=O) groups excluding carboxylic acids is 3. The normalized spacial score (nSPS) is 18.9. The summed E-state index contributed by atoms with van der Waals surface area (Å²) in [4.78, 5) is 35.8. The minimum Gasteiger partial charge on any atom is -0.294 e. The van der Waals surface area contributed by atoms with Crippen molar-refractivity contribution in [3.05, 3.63) is 0 Å². The minimum absolute atomic E-state index is 0.112. The van der Waals surface area contributed by atoms with E-state index in [0.29, 0.717) is 38.6 Å². The summed E-state index contributed by atoms with van der Waals surface area (Å²) in [5.74, 6) is 4.50. The number of piperidine rings is 1. The Labute approximate surface area is 107 Å². The molecule has 6 nitrogen and oxygen atoms in total. The minimum atomic E-state index is -0.232. The molecule has 6 heteroatoms. The van der Waals surface area contributed by atoms with E-state index in [2.05, 4.69) is 0 Å². The maximum Gasteiger partial charge on any atom is 0.233 e. The van der Waals surface area contributed by atoms with Crippen LogP contribution in [-0.4, -0.2) is 29.2 Å². The number of rotatable bonds is 5. The van der Waals surface area contributed by atoms with Gasteiger partial charge in [0.15, 0.2) is 0 Å². The summed E-state index contributed by atoms with van der Waals surface area (Å²) in [5.41, 5.74) is 1.81. The molecule has 1 heterocycles. The van der Waals surface area contributed by atoms with E-state index in [1.165, 1.54) is 4.90 Å². The zero-order valence-corrected chi connectivity index (χ0v) is 11.0. The Hall–Kier alpha value is -1.43. The Kier molecular flexibility index (Phi) is 4.84. The van der Waals surface area contributed by atoms with Gasteiger partial charge in [0.05, 0.1) is 0 Å². The maximum atomic E-state index is 11.8. The van der Waals surface area contributed by atoms with Crippen LogP contribution in [-0.2, 0) is 14.4 Å². The number of hydrazine groups is 1. The van der Waals surface area contributed by atoms with Crippen molar-refractivity contribution in [3.63, 3.8) is 0 Å². The van der Waals surface area contributed by atoms with Gasteiger partial charge < -0.3 is 0 Å². The van der Waals surface area contributed by atoms with E-state index in [4.69, 9.17) is 5.84 Å². The molecule has 0 aromatic carbocycles. The number of unbranched alkanes of at least 4 members (excludes halogenated alkanes) is 1. The summed E-state index contributed by atoms with van der Waals surface area (Å²) < 4.78 is 0. The van der Waals surface area contributed by atoms with Gasteiger partial charge in [0.25, 0.3) is 0 Å². The van der Waals surface area contributed by atoms with E-state index in [9.17, 15) is 14.4 Å². The Balaban J connectivity index is 2.36. The Bertz CT molecular complexity index is 332. The van der Waals surface area contributed by atoms with Crippen LogP contribution >= 0.6 is 0 Å². The topological polar surface area (TPSA) is 92.5 Å². The second kappa shape index (κ2) is 5.95. The average Bonchev–Trinajstić information content (AvgIpc) is 2.25. The van der Waals surface area contributed by atoms with Crippen molar-refractivity contribution in [3.8, 4) is 0 Å². The Morgan fingerprint density at radius 2 is 1.83 bits per heavy atom. The van der Waals surface area contributed by atoms with Crippen molar-refractivity contribution in [2.45, 2.75) is 46.0 Å². The zero-order valence-electron chi connectivity index (χ0n) is 11.0. The largest absolute Gasteiger partial charge is 0.294 e. The highest BCUT2D eigenvalue weighted by Crippen LogP contribution is 2.31. The molecule has 1 aliphatic heterocycles. The molecule has 102 valence electrons. The molecule has 1 aliphatic rings. The summed E-state index contributed by atoms with van der Waals surface area (Å²) in [6.45, 7) is 4.24. The monoisotopic (exact) mass is 255 g/mol. The molecule has 0 radical (unpaired) electrons. The van der Waals surface area contributed by atoms with Crippen LogP contribution in [0.5, 0.6) is 0 Å². The molecule has 3 amide bonds. The van der Waals surface area contributed by atoms with Crippen LogP contribution in [0.1, 0.15) is 46.0 Å². The number of nitrogens with zero attached hydrogens (tertiary/aromatic N) is 1. The fourth-order valence-electron chi connectivity index (χ4n) is 2.09. The highest BCUT2D eigenvalue weighted by molar-refractivity contribution is 5.98. The molecule has 0 aliphatic carbocycles. The Morgan fingerprint density at radius 3 is 2.33 bits per heavy atom. The van der Waals surface area contributed by atoms with Crippen LogP contribution < -0.4 is 11.3 Å². The van der Waals surface area contributed by atoms with Gasteiger partial charge in [-0.3, -0.25) is 24.7 Å². The maximum absolute atomic E-state index is 11.8. The van der Waals surface area contributed by atoms with Gasteiger partial charge in [0, 0.05) is 25.8 Å². The van der Waals surface area contributed by atoms with Gasteiger partial charge in [-0.1, -0.05) is 13.8 Å². The summed E-state index contributed by atoms with van der Waals surface area (Å²) in [6, 6.07) is 0. The molecular formula is C12H21N3O3. The first-order valence-corrected chi connectivity index (χ1v) is 6.18. The number of nitrogens with one attached hydrogen (secondary N) is 1. The number of imide groups is 1. The number of nitrogens with two attached hydrogens (primary N) is 1. The molecule has 3 N–H and O–H groups in total. The van der Waals surface area contributed by atoms with Crippen molar-refractivity contribution in [2.24, 2.45) is 11.3 Å². The molecule has 0 aromatic heterocycles. The quantitative estimate of drug-likeness (QED) is 0.243. The molecule has 0 unspecified atom stereocenters. The smallest absolute Gasteiger partial charge is 0.233 e. The summed E-state index contributed by atoms with van der Waals surface area (Å²) in [7, 11) is 0. The Morgan fingerprint density at radius 1 is 1.28 bits per heavy atom. The third-order valence-corrected chi connectivity index (χ3v) is 3.06. The molecule has 1 fully saturated rings. The van der Waals surface area contributed by atoms with E-state index in [-0.39, 0.29) is 23.1 Å². The number of hydrogen-bond donors (Lipinski definition) is 2. The molecule has 0 atom stereocenters. The molecular weight excluding hydrogens is 234 g/mol. The van der Waals surface area contributed by atoms with Crippen LogP contribution in [0.4, 0.5) is 0 Å². The predicted octanol–water partition coefficient (Wildman–Crippen LogP) is 0.322. The SMILES string of the molecule is CC1(C)CC(=O)N(CCCCC(=O)NN)C(=O)C1. The lowest BCUT2D eigenvalue weighted by molar-refractivity contribution is -0.152. The highest BCUT2D eigenvalue weighted by Gasteiger charge is 2.36. The van der Waals surface area contributed by atoms with Crippen molar-refractivity contribution in [1.82, 2.24) is 10.3 Å². The molecule has 1 saturated heterocycles.